The van der Waals surface area contributed by atoms with Gasteiger partial charge < -0.3 is 5.32 Å². The molecule has 1 fully saturated rings. The minimum absolute atomic E-state index is 0.162. The van der Waals surface area contributed by atoms with Crippen molar-refractivity contribution in [3.8, 4) is 0 Å². The zero-order valence-corrected chi connectivity index (χ0v) is 17.8. The topological polar surface area (TPSA) is 66.5 Å². The van der Waals surface area contributed by atoms with Gasteiger partial charge in [0, 0.05) is 29.6 Å². The molecule has 0 saturated carbocycles. The first kappa shape index (κ1) is 21.2. The van der Waals surface area contributed by atoms with Gasteiger partial charge in [0.15, 0.2) is 0 Å². The Morgan fingerprint density at radius 1 is 1.14 bits per heavy atom. The van der Waals surface area contributed by atoms with E-state index in [-0.39, 0.29) is 10.8 Å². The normalized spacial score (nSPS) is 17.5. The van der Waals surface area contributed by atoms with Crippen molar-refractivity contribution in [3.05, 3.63) is 65.2 Å². The van der Waals surface area contributed by atoms with Gasteiger partial charge in [-0.05, 0) is 42.7 Å². The Labute approximate surface area is 175 Å². The van der Waals surface area contributed by atoms with Crippen molar-refractivity contribution < 1.29 is 13.2 Å². The molecular formula is C20H23ClN2O3S2. The van der Waals surface area contributed by atoms with Gasteiger partial charge in [0.2, 0.25) is 15.9 Å². The van der Waals surface area contributed by atoms with Gasteiger partial charge in [-0.3, -0.25) is 4.79 Å². The average Bonchev–Trinajstić information content (AvgIpc) is 3.20. The molecule has 1 aliphatic heterocycles. The van der Waals surface area contributed by atoms with Crippen molar-refractivity contribution in [3.63, 3.8) is 0 Å². The average molecular weight is 439 g/mol. The van der Waals surface area contributed by atoms with E-state index in [1.807, 2.05) is 18.2 Å². The van der Waals surface area contributed by atoms with Crippen LogP contribution in [0.25, 0.3) is 0 Å². The molecule has 1 saturated heterocycles. The molecule has 1 amide bonds. The number of carbonyl (C=O) groups is 1. The first-order valence-corrected chi connectivity index (χ1v) is 12.1. The predicted octanol–water partition coefficient (Wildman–Crippen LogP) is 3.54. The Hall–Kier alpha value is -1.54. The Balaban J connectivity index is 1.52. The van der Waals surface area contributed by atoms with Crippen LogP contribution >= 0.6 is 23.4 Å². The second-order valence-electron chi connectivity index (χ2n) is 6.56. The van der Waals surface area contributed by atoms with Crippen LogP contribution in [0.5, 0.6) is 0 Å². The van der Waals surface area contributed by atoms with Gasteiger partial charge in [0.25, 0.3) is 0 Å². The summed E-state index contributed by atoms with van der Waals surface area (Å²) in [4.78, 5) is 12.7. The van der Waals surface area contributed by atoms with Gasteiger partial charge >= 0.3 is 0 Å². The highest BCUT2D eigenvalue weighted by molar-refractivity contribution is 7.98. The second-order valence-corrected chi connectivity index (χ2v) is 9.99. The third-order valence-electron chi connectivity index (χ3n) is 4.58. The molecule has 1 atom stereocenters. The number of thioether (sulfide) groups is 1. The molecule has 2 aromatic rings. The van der Waals surface area contributed by atoms with Crippen molar-refractivity contribution in [2.75, 3.05) is 18.8 Å². The zero-order chi connectivity index (χ0) is 20.0. The summed E-state index contributed by atoms with van der Waals surface area (Å²) >= 11 is 7.58. The van der Waals surface area contributed by atoms with Crippen molar-refractivity contribution in [1.82, 2.24) is 9.62 Å². The minimum Gasteiger partial charge on any atom is -0.354 e. The third kappa shape index (κ3) is 5.29. The van der Waals surface area contributed by atoms with Crippen LogP contribution in [0.4, 0.5) is 0 Å². The number of benzene rings is 2. The lowest BCUT2D eigenvalue weighted by atomic mass is 10.2. The summed E-state index contributed by atoms with van der Waals surface area (Å²) < 4.78 is 27.1. The summed E-state index contributed by atoms with van der Waals surface area (Å²) in [6.45, 7) is 0.869. The highest BCUT2D eigenvalue weighted by atomic mass is 35.5. The van der Waals surface area contributed by atoms with Crippen LogP contribution in [0.3, 0.4) is 0 Å². The fraction of sp³-hybridized carbons (Fsp3) is 0.350. The van der Waals surface area contributed by atoms with Crippen molar-refractivity contribution in [2.24, 2.45) is 0 Å². The maximum atomic E-state index is 12.9. The molecule has 0 aromatic heterocycles. The summed E-state index contributed by atoms with van der Waals surface area (Å²) in [6.07, 6.45) is 1.21. The van der Waals surface area contributed by atoms with Crippen LogP contribution in [-0.2, 0) is 20.6 Å². The van der Waals surface area contributed by atoms with Gasteiger partial charge in [-0.1, -0.05) is 41.9 Å². The molecule has 5 nitrogen and oxygen atoms in total. The third-order valence-corrected chi connectivity index (χ3v) is 7.79. The van der Waals surface area contributed by atoms with Crippen LogP contribution < -0.4 is 5.32 Å². The summed E-state index contributed by atoms with van der Waals surface area (Å²) in [7, 11) is -3.71. The second kappa shape index (κ2) is 9.78. The number of hydrogen-bond donors (Lipinski definition) is 1. The molecule has 0 spiro atoms. The van der Waals surface area contributed by atoms with Gasteiger partial charge in [0.05, 0.1) is 4.90 Å². The van der Waals surface area contributed by atoms with Crippen LogP contribution in [0, 0.1) is 0 Å². The number of sulfonamides is 1. The summed E-state index contributed by atoms with van der Waals surface area (Å²) in [5, 5.41) is 3.36. The van der Waals surface area contributed by atoms with Crippen molar-refractivity contribution in [1.29, 1.82) is 0 Å². The largest absolute Gasteiger partial charge is 0.354 e. The van der Waals surface area contributed by atoms with E-state index >= 15 is 0 Å². The van der Waals surface area contributed by atoms with Gasteiger partial charge in [-0.2, -0.15) is 16.1 Å². The maximum absolute atomic E-state index is 12.9. The van der Waals surface area contributed by atoms with Crippen LogP contribution in [-0.4, -0.2) is 43.5 Å². The number of rotatable bonds is 8. The van der Waals surface area contributed by atoms with Crippen LogP contribution in [0.15, 0.2) is 59.5 Å². The first-order chi connectivity index (χ1) is 13.5. The van der Waals surface area contributed by atoms with E-state index in [1.54, 1.807) is 23.9 Å². The fourth-order valence-corrected chi connectivity index (χ4v) is 5.76. The van der Waals surface area contributed by atoms with Crippen molar-refractivity contribution in [2.45, 2.75) is 29.5 Å². The maximum Gasteiger partial charge on any atom is 0.243 e. The number of halogens is 1. The summed E-state index contributed by atoms with van der Waals surface area (Å²) in [5.74, 6) is 1.43. The molecule has 8 heteroatoms. The molecule has 0 radical (unpaired) electrons. The molecule has 1 aliphatic rings. The summed E-state index contributed by atoms with van der Waals surface area (Å²) in [6, 6.07) is 15.5. The first-order valence-electron chi connectivity index (χ1n) is 9.15. The van der Waals surface area contributed by atoms with E-state index in [0.29, 0.717) is 31.0 Å². The molecule has 150 valence electrons. The van der Waals surface area contributed by atoms with E-state index < -0.39 is 16.1 Å². The molecule has 1 N–H and O–H groups in total. The Kier molecular flexibility index (Phi) is 7.40. The molecule has 0 bridgehead atoms. The highest BCUT2D eigenvalue weighted by Gasteiger charge is 2.39. The number of amides is 1. The van der Waals surface area contributed by atoms with E-state index in [1.165, 1.54) is 22.0 Å². The van der Waals surface area contributed by atoms with Gasteiger partial charge in [-0.25, -0.2) is 8.42 Å². The van der Waals surface area contributed by atoms with E-state index in [0.717, 1.165) is 11.5 Å². The van der Waals surface area contributed by atoms with E-state index in [2.05, 4.69) is 17.4 Å². The van der Waals surface area contributed by atoms with E-state index in [4.69, 9.17) is 11.6 Å². The number of carbonyl (C=O) groups excluding carboxylic acids is 1. The lowest BCUT2D eigenvalue weighted by Gasteiger charge is -2.23. The Bertz CT molecular complexity index is 889. The number of nitrogens with one attached hydrogen (secondary N) is 1. The Morgan fingerprint density at radius 2 is 1.86 bits per heavy atom. The lowest BCUT2D eigenvalue weighted by Crippen LogP contribution is -2.46. The molecule has 0 unspecified atom stereocenters. The quantitative estimate of drug-likeness (QED) is 0.640. The standard InChI is InChI=1S/C20H23ClN2O3S2/c21-17-8-10-18(11-9-17)28(25,26)23-13-4-7-19(23)20(24)22-12-14-27-15-16-5-2-1-3-6-16/h1-3,5-6,8-11,19H,4,7,12-15H2,(H,22,24)/t19-/m0/s1. The minimum atomic E-state index is -3.71. The molecule has 2 aromatic carbocycles. The van der Waals surface area contributed by atoms with Crippen molar-refractivity contribution >= 4 is 39.3 Å². The van der Waals surface area contributed by atoms with Gasteiger partial charge in [0.1, 0.15) is 6.04 Å². The Morgan fingerprint density at radius 3 is 2.57 bits per heavy atom. The number of hydrogen-bond acceptors (Lipinski definition) is 4. The molecule has 3 rings (SSSR count). The zero-order valence-electron chi connectivity index (χ0n) is 15.4. The molecular weight excluding hydrogens is 416 g/mol. The fourth-order valence-electron chi connectivity index (χ4n) is 3.16. The van der Waals surface area contributed by atoms with Crippen LogP contribution in [0.2, 0.25) is 5.02 Å². The summed E-state index contributed by atoms with van der Waals surface area (Å²) in [5.41, 5.74) is 1.25. The SMILES string of the molecule is O=C(NCCSCc1ccccc1)[C@@H]1CCCN1S(=O)(=O)c1ccc(Cl)cc1. The predicted molar refractivity (Wildman–Crippen MR) is 114 cm³/mol. The monoisotopic (exact) mass is 438 g/mol. The van der Waals surface area contributed by atoms with Gasteiger partial charge in [-0.15, -0.1) is 0 Å². The molecule has 28 heavy (non-hydrogen) atoms. The number of nitrogens with zero attached hydrogens (tertiary/aromatic N) is 1. The molecule has 1 heterocycles. The smallest absolute Gasteiger partial charge is 0.243 e. The van der Waals surface area contributed by atoms with Crippen LogP contribution in [0.1, 0.15) is 18.4 Å². The van der Waals surface area contributed by atoms with E-state index in [9.17, 15) is 13.2 Å². The highest BCUT2D eigenvalue weighted by Crippen LogP contribution is 2.27. The molecule has 0 aliphatic carbocycles. The lowest BCUT2D eigenvalue weighted by molar-refractivity contribution is -0.124.